The molecule has 3 aromatic rings. The average Bonchev–Trinajstić information content (AvgIpc) is 3.00. The fourth-order valence-corrected chi connectivity index (χ4v) is 2.77. The summed E-state index contributed by atoms with van der Waals surface area (Å²) in [6.07, 6.45) is 0. The molecule has 0 saturated carbocycles. The quantitative estimate of drug-likeness (QED) is 0.334. The predicted octanol–water partition coefficient (Wildman–Crippen LogP) is 3.60. The molecule has 0 fully saturated rings. The number of carboxylic acid groups (broad SMARTS) is 2. The molecule has 0 aliphatic carbocycles. The van der Waals surface area contributed by atoms with Crippen molar-refractivity contribution < 1.29 is 57.9 Å². The van der Waals surface area contributed by atoms with Crippen LogP contribution in [-0.4, -0.2) is 74.5 Å². The second-order valence-electron chi connectivity index (χ2n) is 7.32. The number of carbonyl (C=O) groups is 6. The Labute approximate surface area is 228 Å². The van der Waals surface area contributed by atoms with Crippen molar-refractivity contribution in [1.82, 2.24) is 0 Å². The minimum absolute atomic E-state index is 0.0833. The topological polar surface area (TPSA) is 180 Å². The second kappa shape index (κ2) is 16.3. The van der Waals surface area contributed by atoms with Crippen LogP contribution in [0.4, 0.5) is 0 Å². The highest BCUT2D eigenvalue weighted by molar-refractivity contribution is 5.96. The van der Waals surface area contributed by atoms with E-state index in [1.807, 2.05) is 0 Å². The van der Waals surface area contributed by atoms with E-state index in [0.29, 0.717) is 22.3 Å². The molecule has 40 heavy (non-hydrogen) atoms. The van der Waals surface area contributed by atoms with Crippen molar-refractivity contribution in [2.45, 2.75) is 0 Å². The number of rotatable bonds is 6. The van der Waals surface area contributed by atoms with Crippen LogP contribution < -0.4 is 0 Å². The van der Waals surface area contributed by atoms with Crippen LogP contribution in [0.1, 0.15) is 62.1 Å². The molecular weight excluding hydrogens is 528 g/mol. The summed E-state index contributed by atoms with van der Waals surface area (Å²) in [5.74, 6) is -4.03. The highest BCUT2D eigenvalue weighted by atomic mass is 16.5. The number of carboxylic acids is 2. The lowest BCUT2D eigenvalue weighted by atomic mass is 10.1. The minimum Gasteiger partial charge on any atom is -0.478 e. The third-order valence-corrected chi connectivity index (χ3v) is 4.79. The number of carbonyl (C=O) groups excluding carboxylic acids is 4. The van der Waals surface area contributed by atoms with Crippen molar-refractivity contribution in [2.75, 3.05) is 28.4 Å². The maximum atomic E-state index is 11.1. The van der Waals surface area contributed by atoms with Gasteiger partial charge in [0.25, 0.3) is 0 Å². The second-order valence-corrected chi connectivity index (χ2v) is 7.32. The third-order valence-electron chi connectivity index (χ3n) is 4.79. The number of aromatic carboxylic acids is 2. The van der Waals surface area contributed by atoms with Gasteiger partial charge in [0, 0.05) is 0 Å². The summed E-state index contributed by atoms with van der Waals surface area (Å²) in [6.45, 7) is 0. The van der Waals surface area contributed by atoms with E-state index in [-0.39, 0.29) is 11.1 Å². The molecule has 2 N–H and O–H groups in total. The largest absolute Gasteiger partial charge is 0.478 e. The van der Waals surface area contributed by atoms with E-state index in [1.54, 1.807) is 36.4 Å². The van der Waals surface area contributed by atoms with E-state index < -0.39 is 35.8 Å². The standard InChI is InChI=1S/2C10H10O4.C8H6O4/c2*1-13-9(11)7-4-3-5-8(6-7)10(12)14-2;9-7(10)5-1-2-6(4-3-5)8(11)12/h2*3-6H,1-2H3;1-4H,(H,9,10)(H,11,12). The molecule has 0 atom stereocenters. The van der Waals surface area contributed by atoms with Crippen molar-refractivity contribution in [2.24, 2.45) is 0 Å². The molecule has 210 valence electrons. The van der Waals surface area contributed by atoms with Crippen molar-refractivity contribution in [3.05, 3.63) is 106 Å². The zero-order valence-electron chi connectivity index (χ0n) is 21.9. The van der Waals surface area contributed by atoms with Crippen LogP contribution >= 0.6 is 0 Å². The summed E-state index contributed by atoms with van der Waals surface area (Å²) in [5, 5.41) is 16.9. The van der Waals surface area contributed by atoms with E-state index in [2.05, 4.69) is 18.9 Å². The van der Waals surface area contributed by atoms with E-state index >= 15 is 0 Å². The molecule has 0 spiro atoms. The van der Waals surface area contributed by atoms with Gasteiger partial charge in [-0.15, -0.1) is 0 Å². The predicted molar refractivity (Wildman–Crippen MR) is 139 cm³/mol. The molecule has 0 amide bonds. The number of hydrogen-bond acceptors (Lipinski definition) is 10. The summed E-state index contributed by atoms with van der Waals surface area (Å²) < 4.78 is 18.1. The Morgan fingerprint density at radius 1 is 0.425 bits per heavy atom. The van der Waals surface area contributed by atoms with E-state index in [4.69, 9.17) is 10.2 Å². The van der Waals surface area contributed by atoms with Gasteiger partial charge in [-0.05, 0) is 60.7 Å². The maximum Gasteiger partial charge on any atom is 0.337 e. The summed E-state index contributed by atoms with van der Waals surface area (Å²) in [5.41, 5.74) is 1.48. The van der Waals surface area contributed by atoms with Gasteiger partial charge in [0.15, 0.2) is 0 Å². The number of esters is 4. The zero-order chi connectivity index (χ0) is 30.2. The van der Waals surface area contributed by atoms with Crippen molar-refractivity contribution in [1.29, 1.82) is 0 Å². The summed E-state index contributed by atoms with van der Waals surface area (Å²) in [6, 6.07) is 17.3. The molecule has 0 saturated heterocycles. The third kappa shape index (κ3) is 10.1. The van der Waals surface area contributed by atoms with Crippen LogP contribution in [0.2, 0.25) is 0 Å². The first kappa shape index (κ1) is 32.5. The summed E-state index contributed by atoms with van der Waals surface area (Å²) in [7, 11) is 5.14. The first-order chi connectivity index (χ1) is 19.0. The Balaban J connectivity index is 0.000000301. The number of ether oxygens (including phenoxy) is 4. The van der Waals surface area contributed by atoms with E-state index in [0.717, 1.165) is 0 Å². The van der Waals surface area contributed by atoms with Crippen LogP contribution in [0, 0.1) is 0 Å². The van der Waals surface area contributed by atoms with Crippen LogP contribution in [0.25, 0.3) is 0 Å². The molecule has 0 radical (unpaired) electrons. The molecule has 3 aromatic carbocycles. The van der Waals surface area contributed by atoms with Gasteiger partial charge in [-0.3, -0.25) is 0 Å². The first-order valence-electron chi connectivity index (χ1n) is 11.1. The van der Waals surface area contributed by atoms with Crippen LogP contribution in [0.15, 0.2) is 72.8 Å². The average molecular weight is 555 g/mol. The molecule has 0 aliphatic rings. The van der Waals surface area contributed by atoms with Gasteiger partial charge in [-0.25, -0.2) is 28.8 Å². The minimum atomic E-state index is -1.06. The van der Waals surface area contributed by atoms with Crippen LogP contribution in [0.3, 0.4) is 0 Å². The van der Waals surface area contributed by atoms with Gasteiger partial charge in [0.05, 0.1) is 61.8 Å². The van der Waals surface area contributed by atoms with Crippen molar-refractivity contribution in [3.8, 4) is 0 Å². The fourth-order valence-electron chi connectivity index (χ4n) is 2.77. The molecule has 0 aliphatic heterocycles. The molecule has 12 heteroatoms. The van der Waals surface area contributed by atoms with Crippen LogP contribution in [0.5, 0.6) is 0 Å². The number of methoxy groups -OCH3 is 4. The van der Waals surface area contributed by atoms with E-state index in [1.165, 1.54) is 64.8 Å². The lowest BCUT2D eigenvalue weighted by Gasteiger charge is -2.01. The monoisotopic (exact) mass is 554 g/mol. The summed E-state index contributed by atoms with van der Waals surface area (Å²) in [4.78, 5) is 65.1. The molecule has 0 unspecified atom stereocenters. The first-order valence-corrected chi connectivity index (χ1v) is 11.1. The highest BCUT2D eigenvalue weighted by Gasteiger charge is 2.11. The number of hydrogen-bond donors (Lipinski definition) is 2. The van der Waals surface area contributed by atoms with Gasteiger partial charge in [-0.2, -0.15) is 0 Å². The zero-order valence-corrected chi connectivity index (χ0v) is 21.9. The maximum absolute atomic E-state index is 11.1. The molecule has 12 nitrogen and oxygen atoms in total. The molecule has 0 bridgehead atoms. The van der Waals surface area contributed by atoms with Gasteiger partial charge in [0.1, 0.15) is 0 Å². The fraction of sp³-hybridized carbons (Fsp3) is 0.143. The molecule has 0 heterocycles. The van der Waals surface area contributed by atoms with Gasteiger partial charge >= 0.3 is 35.8 Å². The lowest BCUT2D eigenvalue weighted by Crippen LogP contribution is -2.05. The Morgan fingerprint density at radius 2 is 0.650 bits per heavy atom. The molecule has 3 rings (SSSR count). The lowest BCUT2D eigenvalue weighted by molar-refractivity contribution is 0.0581. The van der Waals surface area contributed by atoms with Crippen molar-refractivity contribution >= 4 is 35.8 Å². The molecular formula is C28H26O12. The normalized spacial score (nSPS) is 9.30. The number of benzene rings is 3. The highest BCUT2D eigenvalue weighted by Crippen LogP contribution is 2.08. The Morgan fingerprint density at radius 3 is 0.825 bits per heavy atom. The Kier molecular flexibility index (Phi) is 13.3. The van der Waals surface area contributed by atoms with Gasteiger partial charge in [0.2, 0.25) is 0 Å². The Hall–Kier alpha value is -5.52. The van der Waals surface area contributed by atoms with E-state index in [9.17, 15) is 28.8 Å². The SMILES string of the molecule is COC(=O)c1cccc(C(=O)OC)c1.COC(=O)c1cccc(C(=O)OC)c1.O=C(O)c1ccc(C(=O)O)cc1. The summed E-state index contributed by atoms with van der Waals surface area (Å²) >= 11 is 0. The molecule has 0 aromatic heterocycles. The van der Waals surface area contributed by atoms with Gasteiger partial charge < -0.3 is 29.2 Å². The van der Waals surface area contributed by atoms with Crippen molar-refractivity contribution in [3.63, 3.8) is 0 Å². The smallest absolute Gasteiger partial charge is 0.337 e. The Bertz CT molecular complexity index is 1190. The van der Waals surface area contributed by atoms with Gasteiger partial charge in [-0.1, -0.05) is 12.1 Å². The van der Waals surface area contributed by atoms with Crippen LogP contribution in [-0.2, 0) is 18.9 Å².